The van der Waals surface area contributed by atoms with E-state index in [-0.39, 0.29) is 24.4 Å². The highest BCUT2D eigenvalue weighted by Crippen LogP contribution is 2.37. The zero-order valence-corrected chi connectivity index (χ0v) is 10.9. The third-order valence-electron chi connectivity index (χ3n) is 2.53. The van der Waals surface area contributed by atoms with Gasteiger partial charge in [-0.15, -0.1) is 9.05 Å². The molecule has 0 spiro atoms. The third kappa shape index (κ3) is 2.65. The SMILES string of the molecule is C[P+](=O)O[C@@H]1COC2C1OC[C@H]2O[P+](C)=O. The molecule has 16 heavy (non-hydrogen) atoms. The Bertz CT molecular complexity index is 279. The minimum Gasteiger partial charge on any atom is -0.369 e. The Morgan fingerprint density at radius 2 is 1.31 bits per heavy atom. The number of rotatable bonds is 4. The minimum atomic E-state index is -1.67. The molecular formula is C8H14O6P2+2. The monoisotopic (exact) mass is 268 g/mol. The second-order valence-electron chi connectivity index (χ2n) is 3.76. The summed E-state index contributed by atoms with van der Waals surface area (Å²) in [6, 6.07) is 0. The van der Waals surface area contributed by atoms with Crippen LogP contribution < -0.4 is 0 Å². The molecule has 90 valence electrons. The smallest absolute Gasteiger partial charge is 0.369 e. The van der Waals surface area contributed by atoms with Crippen molar-refractivity contribution in [3.05, 3.63) is 0 Å². The van der Waals surface area contributed by atoms with Gasteiger partial charge in [-0.2, -0.15) is 0 Å². The minimum absolute atomic E-state index is 0.265. The Balaban J connectivity index is 1.95. The Labute approximate surface area is 95.3 Å². The van der Waals surface area contributed by atoms with E-state index >= 15 is 0 Å². The number of hydrogen-bond acceptors (Lipinski definition) is 6. The van der Waals surface area contributed by atoms with Crippen LogP contribution in [0.15, 0.2) is 0 Å². The molecule has 0 amide bonds. The molecule has 0 saturated carbocycles. The molecule has 2 saturated heterocycles. The van der Waals surface area contributed by atoms with E-state index in [9.17, 15) is 9.13 Å². The molecule has 6 atom stereocenters. The van der Waals surface area contributed by atoms with Crippen molar-refractivity contribution in [1.29, 1.82) is 0 Å². The Kier molecular flexibility index (Phi) is 4.01. The first-order valence-corrected chi connectivity index (χ1v) is 8.21. The fourth-order valence-corrected chi connectivity index (χ4v) is 3.12. The van der Waals surface area contributed by atoms with Crippen molar-refractivity contribution in [2.75, 3.05) is 26.5 Å². The van der Waals surface area contributed by atoms with E-state index in [1.165, 1.54) is 13.3 Å². The van der Waals surface area contributed by atoms with Crippen molar-refractivity contribution in [2.24, 2.45) is 0 Å². The van der Waals surface area contributed by atoms with E-state index in [2.05, 4.69) is 0 Å². The zero-order chi connectivity index (χ0) is 11.7. The van der Waals surface area contributed by atoms with Crippen LogP contribution in [0.2, 0.25) is 0 Å². The molecule has 0 aromatic carbocycles. The maximum atomic E-state index is 11.0. The van der Waals surface area contributed by atoms with E-state index in [1.54, 1.807) is 0 Å². The highest BCUT2D eigenvalue weighted by molar-refractivity contribution is 7.38. The molecule has 0 aliphatic carbocycles. The van der Waals surface area contributed by atoms with Gasteiger partial charge in [0.25, 0.3) is 0 Å². The van der Waals surface area contributed by atoms with Gasteiger partial charge in [0.05, 0.1) is 13.2 Å². The lowest BCUT2D eigenvalue weighted by molar-refractivity contribution is 0.0234. The fraction of sp³-hybridized carbons (Fsp3) is 1.00. The van der Waals surface area contributed by atoms with Crippen LogP contribution in [0.3, 0.4) is 0 Å². The molecule has 4 unspecified atom stereocenters. The maximum Gasteiger partial charge on any atom is 0.505 e. The van der Waals surface area contributed by atoms with Crippen LogP contribution >= 0.6 is 16.1 Å². The lowest BCUT2D eigenvalue weighted by Crippen LogP contribution is -2.32. The molecular weight excluding hydrogens is 254 g/mol. The van der Waals surface area contributed by atoms with Gasteiger partial charge in [0.15, 0.2) is 25.5 Å². The summed E-state index contributed by atoms with van der Waals surface area (Å²) in [5.41, 5.74) is 0. The van der Waals surface area contributed by atoms with Crippen LogP contribution in [0.4, 0.5) is 0 Å². The summed E-state index contributed by atoms with van der Waals surface area (Å²) in [4.78, 5) is 0. The second kappa shape index (κ2) is 5.13. The second-order valence-corrected chi connectivity index (χ2v) is 5.94. The first-order chi connectivity index (χ1) is 7.58. The van der Waals surface area contributed by atoms with Crippen molar-refractivity contribution >= 4 is 16.1 Å². The average Bonchev–Trinajstić information content (AvgIpc) is 2.70. The summed E-state index contributed by atoms with van der Waals surface area (Å²) in [6.07, 6.45) is -1.17. The summed E-state index contributed by atoms with van der Waals surface area (Å²) < 4.78 is 43.3. The zero-order valence-electron chi connectivity index (χ0n) is 9.07. The molecule has 0 aromatic heterocycles. The van der Waals surface area contributed by atoms with E-state index in [0.29, 0.717) is 13.2 Å². The first-order valence-electron chi connectivity index (χ1n) is 4.96. The standard InChI is InChI=1S/C8H14O6P2/c1-15(9)13-5-3-11-8-6(14-16(2)10)4-12-7(5)8/h5-8H,3-4H2,1-2H3/q+2/t5-,6-,7?,8?/m1/s1. The molecule has 0 N–H and O–H groups in total. The van der Waals surface area contributed by atoms with Gasteiger partial charge in [-0.05, 0) is 9.13 Å². The number of ether oxygens (including phenoxy) is 2. The molecule has 0 radical (unpaired) electrons. The van der Waals surface area contributed by atoms with Crippen molar-refractivity contribution in [3.8, 4) is 0 Å². The molecule has 6 nitrogen and oxygen atoms in total. The highest BCUT2D eigenvalue weighted by Gasteiger charge is 2.53. The summed E-state index contributed by atoms with van der Waals surface area (Å²) >= 11 is 0. The first kappa shape index (κ1) is 12.5. The topological polar surface area (TPSA) is 71.1 Å². The molecule has 2 fully saturated rings. The largest absolute Gasteiger partial charge is 0.505 e. The van der Waals surface area contributed by atoms with E-state index in [1.807, 2.05) is 0 Å². The van der Waals surface area contributed by atoms with Crippen LogP contribution in [0, 0.1) is 0 Å². The third-order valence-corrected chi connectivity index (χ3v) is 3.67. The Hall–Kier alpha value is 0.0400. The molecule has 0 bridgehead atoms. The lowest BCUT2D eigenvalue weighted by atomic mass is 10.1. The van der Waals surface area contributed by atoms with E-state index in [4.69, 9.17) is 18.5 Å². The number of hydrogen-bond donors (Lipinski definition) is 0. The van der Waals surface area contributed by atoms with Gasteiger partial charge in [-0.25, -0.2) is 0 Å². The predicted octanol–water partition coefficient (Wildman–Crippen LogP) is 1.30. The van der Waals surface area contributed by atoms with Gasteiger partial charge in [-0.3, -0.25) is 0 Å². The van der Waals surface area contributed by atoms with Gasteiger partial charge < -0.3 is 9.47 Å². The summed E-state index contributed by atoms with van der Waals surface area (Å²) in [6.45, 7) is 3.66. The van der Waals surface area contributed by atoms with E-state index < -0.39 is 16.1 Å². The van der Waals surface area contributed by atoms with Crippen molar-refractivity contribution in [3.63, 3.8) is 0 Å². The molecule has 0 aromatic rings. The van der Waals surface area contributed by atoms with Crippen LogP contribution in [0.25, 0.3) is 0 Å². The van der Waals surface area contributed by atoms with Crippen molar-refractivity contribution in [1.82, 2.24) is 0 Å². The summed E-state index contributed by atoms with van der Waals surface area (Å²) in [5.74, 6) is 0. The van der Waals surface area contributed by atoms with Crippen molar-refractivity contribution in [2.45, 2.75) is 24.4 Å². The maximum absolute atomic E-state index is 11.0. The molecule has 2 aliphatic rings. The Morgan fingerprint density at radius 3 is 1.62 bits per heavy atom. The summed E-state index contributed by atoms with van der Waals surface area (Å²) in [7, 11) is -3.35. The predicted molar refractivity (Wildman–Crippen MR) is 56.3 cm³/mol. The van der Waals surface area contributed by atoms with Crippen LogP contribution in [0.1, 0.15) is 0 Å². The fourth-order valence-electron chi connectivity index (χ4n) is 1.99. The van der Waals surface area contributed by atoms with Gasteiger partial charge in [0.1, 0.15) is 12.2 Å². The van der Waals surface area contributed by atoms with Crippen LogP contribution in [-0.4, -0.2) is 51.0 Å². The van der Waals surface area contributed by atoms with Gasteiger partial charge in [-0.1, -0.05) is 0 Å². The molecule has 2 rings (SSSR count). The normalized spacial score (nSPS) is 39.6. The van der Waals surface area contributed by atoms with Gasteiger partial charge in [0.2, 0.25) is 0 Å². The van der Waals surface area contributed by atoms with Gasteiger partial charge >= 0.3 is 16.1 Å². The van der Waals surface area contributed by atoms with Crippen LogP contribution in [-0.2, 0) is 27.7 Å². The quantitative estimate of drug-likeness (QED) is 0.716. The van der Waals surface area contributed by atoms with Crippen molar-refractivity contribution < 1.29 is 27.7 Å². The van der Waals surface area contributed by atoms with Gasteiger partial charge in [0, 0.05) is 0 Å². The molecule has 2 aliphatic heterocycles. The summed E-state index contributed by atoms with van der Waals surface area (Å²) in [5, 5.41) is 0. The highest BCUT2D eigenvalue weighted by atomic mass is 31.1. The molecule has 8 heteroatoms. The van der Waals surface area contributed by atoms with E-state index in [0.717, 1.165) is 0 Å². The molecule has 2 heterocycles. The lowest BCUT2D eigenvalue weighted by Gasteiger charge is -2.10. The van der Waals surface area contributed by atoms with Crippen LogP contribution in [0.5, 0.6) is 0 Å². The Morgan fingerprint density at radius 1 is 0.938 bits per heavy atom. The average molecular weight is 268 g/mol. The number of fused-ring (bicyclic) bond motifs is 1.